The maximum Gasteiger partial charge on any atom is 0.234 e. The molecule has 0 saturated heterocycles. The first-order chi connectivity index (χ1) is 9.43. The molecule has 0 aromatic heterocycles. The van der Waals surface area contributed by atoms with E-state index in [0.717, 1.165) is 0 Å². The lowest BCUT2D eigenvalue weighted by Crippen LogP contribution is -2.38. The molecule has 0 rings (SSSR count). The highest BCUT2D eigenvalue weighted by atomic mass is 16.5. The lowest BCUT2D eigenvalue weighted by Gasteiger charge is -2.09. The summed E-state index contributed by atoms with van der Waals surface area (Å²) in [6, 6.07) is 0.294. The molecule has 0 aromatic carbocycles. The topological polar surface area (TPSA) is 76.7 Å². The van der Waals surface area contributed by atoms with Crippen LogP contribution in [0.4, 0.5) is 0 Å². The lowest BCUT2D eigenvalue weighted by molar-refractivity contribution is -0.127. The lowest BCUT2D eigenvalue weighted by atomic mass is 10.1. The molecule has 0 bridgehead atoms. The van der Waals surface area contributed by atoms with Crippen molar-refractivity contribution in [1.82, 2.24) is 10.6 Å². The van der Waals surface area contributed by atoms with Gasteiger partial charge < -0.3 is 20.1 Å². The number of carbonyl (C=O) groups excluding carboxylic acids is 2. The smallest absolute Gasteiger partial charge is 0.234 e. The van der Waals surface area contributed by atoms with Crippen LogP contribution in [0.1, 0.15) is 27.7 Å². The summed E-state index contributed by atoms with van der Waals surface area (Å²) < 4.78 is 10.5. The maximum absolute atomic E-state index is 11.3. The van der Waals surface area contributed by atoms with Gasteiger partial charge in [0.2, 0.25) is 5.91 Å². The summed E-state index contributed by atoms with van der Waals surface area (Å²) in [6.45, 7) is 9.85. The van der Waals surface area contributed by atoms with Crippen LogP contribution in [0.3, 0.4) is 0 Å². The Balaban J connectivity index is 3.28. The maximum atomic E-state index is 11.3. The van der Waals surface area contributed by atoms with Gasteiger partial charge in [-0.05, 0) is 0 Å². The number of ether oxygens (including phenoxy) is 2. The van der Waals surface area contributed by atoms with Gasteiger partial charge in [0.05, 0.1) is 26.4 Å². The number of hydrogen-bond donors (Lipinski definition) is 2. The zero-order valence-corrected chi connectivity index (χ0v) is 13.0. The van der Waals surface area contributed by atoms with E-state index in [4.69, 9.17) is 9.47 Å². The molecule has 0 fully saturated rings. The van der Waals surface area contributed by atoms with Gasteiger partial charge in [0, 0.05) is 18.5 Å². The van der Waals surface area contributed by atoms with Crippen molar-refractivity contribution in [3.63, 3.8) is 0 Å². The van der Waals surface area contributed by atoms with E-state index in [1.165, 1.54) is 0 Å². The second kappa shape index (κ2) is 11.8. The molecule has 0 unspecified atom stereocenters. The molecule has 1 amide bonds. The summed E-state index contributed by atoms with van der Waals surface area (Å²) in [5.41, 5.74) is 0. The Morgan fingerprint density at radius 1 is 1.00 bits per heavy atom. The molecule has 118 valence electrons. The Labute approximate surface area is 121 Å². The minimum absolute atomic E-state index is 0.00517. The largest absolute Gasteiger partial charge is 0.377 e. The summed E-state index contributed by atoms with van der Waals surface area (Å²) in [5.74, 6) is 0.0570. The van der Waals surface area contributed by atoms with Crippen LogP contribution < -0.4 is 10.6 Å². The Morgan fingerprint density at radius 3 is 2.25 bits per heavy atom. The Bertz CT molecular complexity index is 280. The van der Waals surface area contributed by atoms with Gasteiger partial charge in [-0.25, -0.2) is 0 Å². The Hall–Kier alpha value is -0.980. The van der Waals surface area contributed by atoms with Gasteiger partial charge >= 0.3 is 0 Å². The Morgan fingerprint density at radius 2 is 1.65 bits per heavy atom. The number of ketones is 1. The van der Waals surface area contributed by atoms with Crippen LogP contribution in [0, 0.1) is 5.92 Å². The number of Topliss-reactive ketones (excluding diaryl/α,β-unsaturated/α-hetero) is 1. The van der Waals surface area contributed by atoms with Crippen LogP contribution in [-0.2, 0) is 19.1 Å². The number of nitrogens with one attached hydrogen (secondary N) is 2. The van der Waals surface area contributed by atoms with Crippen molar-refractivity contribution in [1.29, 1.82) is 0 Å². The zero-order chi connectivity index (χ0) is 15.4. The fourth-order valence-corrected chi connectivity index (χ4v) is 1.18. The molecule has 6 heteroatoms. The molecule has 0 atom stereocenters. The second-order valence-electron chi connectivity index (χ2n) is 5.17. The average molecular weight is 288 g/mol. The normalized spacial score (nSPS) is 11.1. The van der Waals surface area contributed by atoms with Crippen molar-refractivity contribution in [3.8, 4) is 0 Å². The van der Waals surface area contributed by atoms with Crippen LogP contribution >= 0.6 is 0 Å². The molecule has 2 N–H and O–H groups in total. The highest BCUT2D eigenvalue weighted by Crippen LogP contribution is 1.94. The third-order valence-electron chi connectivity index (χ3n) is 2.50. The van der Waals surface area contributed by atoms with Crippen LogP contribution in [0.15, 0.2) is 0 Å². The molecule has 0 radical (unpaired) electrons. The highest BCUT2D eigenvalue weighted by Gasteiger charge is 2.06. The zero-order valence-electron chi connectivity index (χ0n) is 13.0. The minimum atomic E-state index is -0.0407. The molecule has 20 heavy (non-hydrogen) atoms. The summed E-state index contributed by atoms with van der Waals surface area (Å²) >= 11 is 0. The van der Waals surface area contributed by atoms with E-state index in [-0.39, 0.29) is 24.2 Å². The van der Waals surface area contributed by atoms with Crippen molar-refractivity contribution in [2.45, 2.75) is 33.7 Å². The summed E-state index contributed by atoms with van der Waals surface area (Å²) in [5, 5.41) is 5.77. The molecule has 0 saturated carbocycles. The first-order valence-electron chi connectivity index (χ1n) is 7.11. The van der Waals surface area contributed by atoms with Gasteiger partial charge in [0.25, 0.3) is 0 Å². The van der Waals surface area contributed by atoms with E-state index in [9.17, 15) is 9.59 Å². The van der Waals surface area contributed by atoms with Gasteiger partial charge in [-0.2, -0.15) is 0 Å². The van der Waals surface area contributed by atoms with Gasteiger partial charge in [0.1, 0.15) is 6.61 Å². The van der Waals surface area contributed by atoms with Crippen LogP contribution in [0.5, 0.6) is 0 Å². The third-order valence-corrected chi connectivity index (χ3v) is 2.50. The van der Waals surface area contributed by atoms with E-state index in [0.29, 0.717) is 39.0 Å². The quantitative estimate of drug-likeness (QED) is 0.507. The fourth-order valence-electron chi connectivity index (χ4n) is 1.18. The van der Waals surface area contributed by atoms with Gasteiger partial charge in [-0.3, -0.25) is 9.59 Å². The van der Waals surface area contributed by atoms with E-state index in [1.807, 2.05) is 27.7 Å². The SMILES string of the molecule is CC(C)NCC(=O)NCCOCCOCC(=O)C(C)C. The van der Waals surface area contributed by atoms with Crippen LogP contribution in [0.25, 0.3) is 0 Å². The molecule has 6 nitrogen and oxygen atoms in total. The molecule has 0 aliphatic heterocycles. The van der Waals surface area contributed by atoms with Crippen LogP contribution in [0.2, 0.25) is 0 Å². The first-order valence-corrected chi connectivity index (χ1v) is 7.11. The summed E-state index contributed by atoms with van der Waals surface area (Å²) in [6.07, 6.45) is 0. The van der Waals surface area contributed by atoms with E-state index < -0.39 is 0 Å². The highest BCUT2D eigenvalue weighted by molar-refractivity contribution is 5.81. The summed E-state index contributed by atoms with van der Waals surface area (Å²) in [4.78, 5) is 22.6. The molecular weight excluding hydrogens is 260 g/mol. The third kappa shape index (κ3) is 12.1. The average Bonchev–Trinajstić information content (AvgIpc) is 2.38. The fraction of sp³-hybridized carbons (Fsp3) is 0.857. The van der Waals surface area contributed by atoms with Gasteiger partial charge in [-0.1, -0.05) is 27.7 Å². The number of carbonyl (C=O) groups is 2. The second-order valence-corrected chi connectivity index (χ2v) is 5.17. The first kappa shape index (κ1) is 19.0. The predicted octanol–water partition coefficient (Wildman–Crippen LogP) is 0.359. The van der Waals surface area contributed by atoms with Gasteiger partial charge in [-0.15, -0.1) is 0 Å². The Kier molecular flexibility index (Phi) is 11.2. The standard InChI is InChI=1S/C14H28N2O4/c1-11(2)13(17)10-20-8-7-19-6-5-15-14(18)9-16-12(3)4/h11-12,16H,5-10H2,1-4H3,(H,15,18). The molecule has 0 aliphatic carbocycles. The van der Waals surface area contributed by atoms with E-state index >= 15 is 0 Å². The predicted molar refractivity (Wildman–Crippen MR) is 77.6 cm³/mol. The number of amides is 1. The molecular formula is C14H28N2O4. The molecule has 0 heterocycles. The monoisotopic (exact) mass is 288 g/mol. The van der Waals surface area contributed by atoms with Crippen molar-refractivity contribution < 1.29 is 19.1 Å². The minimum Gasteiger partial charge on any atom is -0.377 e. The van der Waals surface area contributed by atoms with E-state index in [1.54, 1.807) is 0 Å². The van der Waals surface area contributed by atoms with Crippen molar-refractivity contribution in [3.05, 3.63) is 0 Å². The summed E-state index contributed by atoms with van der Waals surface area (Å²) in [7, 11) is 0. The number of rotatable bonds is 12. The molecule has 0 aromatic rings. The van der Waals surface area contributed by atoms with Crippen molar-refractivity contribution >= 4 is 11.7 Å². The van der Waals surface area contributed by atoms with Crippen molar-refractivity contribution in [2.24, 2.45) is 5.92 Å². The number of hydrogen-bond acceptors (Lipinski definition) is 5. The van der Waals surface area contributed by atoms with E-state index in [2.05, 4.69) is 10.6 Å². The van der Waals surface area contributed by atoms with Crippen LogP contribution in [-0.4, -0.2) is 57.2 Å². The molecule has 0 aliphatic rings. The van der Waals surface area contributed by atoms with Gasteiger partial charge in [0.15, 0.2) is 5.78 Å². The van der Waals surface area contributed by atoms with Crippen molar-refractivity contribution in [2.75, 3.05) is 39.5 Å². The molecule has 0 spiro atoms.